The predicted molar refractivity (Wildman–Crippen MR) is 90.9 cm³/mol. The minimum atomic E-state index is -0.361. The summed E-state index contributed by atoms with van der Waals surface area (Å²) >= 11 is 0. The van der Waals surface area contributed by atoms with Crippen molar-refractivity contribution < 1.29 is 19.2 Å². The molecule has 4 amide bonds. The molecular formula is C17H28N4O4. The fourth-order valence-corrected chi connectivity index (χ4v) is 3.31. The fourth-order valence-electron chi connectivity index (χ4n) is 3.31. The van der Waals surface area contributed by atoms with Crippen LogP contribution in [-0.2, 0) is 19.2 Å². The second-order valence-corrected chi connectivity index (χ2v) is 6.76. The van der Waals surface area contributed by atoms with E-state index in [0.717, 1.165) is 25.7 Å². The number of carbonyl (C=O) groups excluding carboxylic acids is 4. The zero-order valence-corrected chi connectivity index (χ0v) is 14.9. The zero-order valence-electron chi connectivity index (χ0n) is 14.9. The molecule has 1 heterocycles. The number of rotatable bonds is 4. The molecule has 1 aliphatic carbocycles. The number of hydrazine groups is 1. The molecule has 1 aliphatic heterocycles. The Hall–Kier alpha value is -2.12. The van der Waals surface area contributed by atoms with Crippen molar-refractivity contribution in [2.24, 2.45) is 5.92 Å². The maximum Gasteiger partial charge on any atom is 0.241 e. The largest absolute Gasteiger partial charge is 0.339 e. The average Bonchev–Trinajstić information content (AvgIpc) is 2.64. The van der Waals surface area contributed by atoms with Crippen molar-refractivity contribution in [1.29, 1.82) is 0 Å². The molecule has 0 aromatic rings. The third kappa shape index (κ3) is 6.03. The van der Waals surface area contributed by atoms with Gasteiger partial charge < -0.3 is 9.80 Å². The van der Waals surface area contributed by atoms with Gasteiger partial charge in [0.15, 0.2) is 0 Å². The molecule has 0 spiro atoms. The second kappa shape index (κ2) is 9.39. The quantitative estimate of drug-likeness (QED) is 0.705. The highest BCUT2D eigenvalue weighted by Gasteiger charge is 2.23. The van der Waals surface area contributed by atoms with Crippen LogP contribution < -0.4 is 10.9 Å². The van der Waals surface area contributed by atoms with Gasteiger partial charge in [-0.25, -0.2) is 0 Å². The lowest BCUT2D eigenvalue weighted by Gasteiger charge is -2.34. The Morgan fingerprint density at radius 2 is 1.44 bits per heavy atom. The first-order chi connectivity index (χ1) is 12.0. The number of carbonyl (C=O) groups is 4. The van der Waals surface area contributed by atoms with Crippen LogP contribution in [0.3, 0.4) is 0 Å². The standard InChI is InChI=1S/C17H28N4O4/c1-13(22)20-9-11-21(12-10-20)16(24)8-7-15(23)18-19-17(25)14-5-3-2-4-6-14/h14H,2-12H2,1H3,(H,18,23)(H,19,25). The van der Waals surface area contributed by atoms with Crippen LogP contribution in [0.2, 0.25) is 0 Å². The first kappa shape index (κ1) is 19.2. The lowest BCUT2D eigenvalue weighted by molar-refractivity contribution is -0.139. The summed E-state index contributed by atoms with van der Waals surface area (Å²) in [6, 6.07) is 0. The summed E-state index contributed by atoms with van der Waals surface area (Å²) in [6.45, 7) is 3.58. The summed E-state index contributed by atoms with van der Waals surface area (Å²) in [5.41, 5.74) is 4.86. The van der Waals surface area contributed by atoms with Gasteiger partial charge in [-0.15, -0.1) is 0 Å². The van der Waals surface area contributed by atoms with Gasteiger partial charge in [0.2, 0.25) is 23.6 Å². The van der Waals surface area contributed by atoms with Crippen LogP contribution in [-0.4, -0.2) is 59.6 Å². The summed E-state index contributed by atoms with van der Waals surface area (Å²) in [5.74, 6) is -0.606. The van der Waals surface area contributed by atoms with Gasteiger partial charge in [-0.3, -0.25) is 30.0 Å². The number of hydrogen-bond donors (Lipinski definition) is 2. The number of nitrogens with one attached hydrogen (secondary N) is 2. The van der Waals surface area contributed by atoms with Crippen molar-refractivity contribution in [1.82, 2.24) is 20.7 Å². The van der Waals surface area contributed by atoms with Crippen LogP contribution in [0.1, 0.15) is 51.9 Å². The lowest BCUT2D eigenvalue weighted by Crippen LogP contribution is -2.50. The van der Waals surface area contributed by atoms with Crippen molar-refractivity contribution in [2.75, 3.05) is 26.2 Å². The molecule has 25 heavy (non-hydrogen) atoms. The summed E-state index contributed by atoms with van der Waals surface area (Å²) in [7, 11) is 0. The average molecular weight is 352 g/mol. The van der Waals surface area contributed by atoms with Gasteiger partial charge in [-0.2, -0.15) is 0 Å². The first-order valence-electron chi connectivity index (χ1n) is 9.09. The Balaban J connectivity index is 1.62. The fraction of sp³-hybridized carbons (Fsp3) is 0.765. The van der Waals surface area contributed by atoms with Gasteiger partial charge in [0.25, 0.3) is 0 Å². The van der Waals surface area contributed by atoms with E-state index in [-0.39, 0.29) is 42.4 Å². The Morgan fingerprint density at radius 1 is 0.840 bits per heavy atom. The SMILES string of the molecule is CC(=O)N1CCN(C(=O)CCC(=O)NNC(=O)C2CCCCC2)CC1. The van der Waals surface area contributed by atoms with E-state index in [4.69, 9.17) is 0 Å². The van der Waals surface area contributed by atoms with E-state index in [1.807, 2.05) is 0 Å². The molecule has 2 rings (SSSR count). The van der Waals surface area contributed by atoms with Gasteiger partial charge in [-0.05, 0) is 12.8 Å². The van der Waals surface area contributed by atoms with Crippen LogP contribution in [0.25, 0.3) is 0 Å². The van der Waals surface area contributed by atoms with E-state index in [9.17, 15) is 19.2 Å². The molecule has 0 aromatic heterocycles. The van der Waals surface area contributed by atoms with Gasteiger partial charge in [0.05, 0.1) is 0 Å². The van der Waals surface area contributed by atoms with Crippen molar-refractivity contribution >= 4 is 23.6 Å². The first-order valence-corrected chi connectivity index (χ1v) is 9.09. The van der Waals surface area contributed by atoms with E-state index in [1.165, 1.54) is 13.3 Å². The zero-order chi connectivity index (χ0) is 18.2. The minimum Gasteiger partial charge on any atom is -0.339 e. The van der Waals surface area contributed by atoms with Gasteiger partial charge in [0, 0.05) is 51.9 Å². The Kier molecular flexibility index (Phi) is 7.21. The summed E-state index contributed by atoms with van der Waals surface area (Å²) in [5, 5.41) is 0. The van der Waals surface area contributed by atoms with E-state index < -0.39 is 0 Å². The lowest BCUT2D eigenvalue weighted by atomic mass is 9.89. The van der Waals surface area contributed by atoms with Crippen LogP contribution in [0.4, 0.5) is 0 Å². The highest BCUT2D eigenvalue weighted by atomic mass is 16.2. The molecule has 0 bridgehead atoms. The van der Waals surface area contributed by atoms with Gasteiger partial charge in [0.1, 0.15) is 0 Å². The number of hydrogen-bond acceptors (Lipinski definition) is 4. The molecule has 0 aromatic carbocycles. The number of nitrogens with zero attached hydrogens (tertiary/aromatic N) is 2. The Labute approximate surface area is 148 Å². The molecule has 140 valence electrons. The molecule has 0 atom stereocenters. The molecule has 2 N–H and O–H groups in total. The van der Waals surface area contributed by atoms with Crippen LogP contribution in [0.5, 0.6) is 0 Å². The monoisotopic (exact) mass is 352 g/mol. The van der Waals surface area contributed by atoms with Crippen LogP contribution >= 0.6 is 0 Å². The van der Waals surface area contributed by atoms with Crippen LogP contribution in [0, 0.1) is 5.92 Å². The minimum absolute atomic E-state index is 0.0141. The van der Waals surface area contributed by atoms with E-state index in [0.29, 0.717) is 26.2 Å². The maximum atomic E-state index is 12.1. The van der Waals surface area contributed by atoms with Gasteiger partial charge >= 0.3 is 0 Å². The topological polar surface area (TPSA) is 98.8 Å². The number of amides is 4. The third-order valence-electron chi connectivity index (χ3n) is 4.94. The molecule has 1 saturated heterocycles. The van der Waals surface area contributed by atoms with Gasteiger partial charge in [-0.1, -0.05) is 19.3 Å². The molecule has 1 saturated carbocycles. The molecule has 0 radical (unpaired) electrons. The van der Waals surface area contributed by atoms with Crippen molar-refractivity contribution in [3.63, 3.8) is 0 Å². The molecule has 2 aliphatic rings. The summed E-state index contributed by atoms with van der Waals surface area (Å²) in [4.78, 5) is 50.5. The smallest absolute Gasteiger partial charge is 0.241 e. The van der Waals surface area contributed by atoms with E-state index in [2.05, 4.69) is 10.9 Å². The van der Waals surface area contributed by atoms with Crippen molar-refractivity contribution in [3.8, 4) is 0 Å². The molecule has 8 nitrogen and oxygen atoms in total. The Morgan fingerprint density at radius 3 is 2.04 bits per heavy atom. The third-order valence-corrected chi connectivity index (χ3v) is 4.94. The van der Waals surface area contributed by atoms with Crippen molar-refractivity contribution in [2.45, 2.75) is 51.9 Å². The maximum absolute atomic E-state index is 12.1. The Bertz CT molecular complexity index is 509. The number of piperazine rings is 1. The normalized spacial score (nSPS) is 18.6. The van der Waals surface area contributed by atoms with Crippen LogP contribution in [0.15, 0.2) is 0 Å². The molecule has 8 heteroatoms. The molecular weight excluding hydrogens is 324 g/mol. The van der Waals surface area contributed by atoms with Crippen molar-refractivity contribution in [3.05, 3.63) is 0 Å². The second-order valence-electron chi connectivity index (χ2n) is 6.76. The summed E-state index contributed by atoms with van der Waals surface area (Å²) < 4.78 is 0. The van der Waals surface area contributed by atoms with E-state index >= 15 is 0 Å². The summed E-state index contributed by atoms with van der Waals surface area (Å²) in [6.07, 6.45) is 5.15. The highest BCUT2D eigenvalue weighted by molar-refractivity contribution is 5.86. The molecule has 0 unspecified atom stereocenters. The highest BCUT2D eigenvalue weighted by Crippen LogP contribution is 2.23. The van der Waals surface area contributed by atoms with E-state index in [1.54, 1.807) is 9.80 Å². The molecule has 2 fully saturated rings. The predicted octanol–water partition coefficient (Wildman–Crippen LogP) is 0.185.